The summed E-state index contributed by atoms with van der Waals surface area (Å²) in [5.41, 5.74) is 5.19. The molecule has 0 atom stereocenters. The van der Waals surface area contributed by atoms with Crippen LogP contribution in [0.3, 0.4) is 0 Å². The van der Waals surface area contributed by atoms with E-state index < -0.39 is 5.97 Å². The van der Waals surface area contributed by atoms with Crippen molar-refractivity contribution < 1.29 is 9.90 Å². The number of carboxylic acid groups (broad SMARTS) is 1. The summed E-state index contributed by atoms with van der Waals surface area (Å²) in [5.74, 6) is -0.891. The molecule has 154 valence electrons. The van der Waals surface area contributed by atoms with Crippen LogP contribution in [0.5, 0.6) is 0 Å². The monoisotopic (exact) mass is 412 g/mol. The van der Waals surface area contributed by atoms with Gasteiger partial charge in [-0.2, -0.15) is 0 Å². The van der Waals surface area contributed by atoms with Crippen LogP contribution in [0.15, 0.2) is 70.9 Å². The van der Waals surface area contributed by atoms with Gasteiger partial charge in [0.15, 0.2) is 0 Å². The molecule has 5 heteroatoms. The fourth-order valence-corrected chi connectivity index (χ4v) is 4.05. The molecule has 0 fully saturated rings. The van der Waals surface area contributed by atoms with E-state index in [-0.39, 0.29) is 0 Å². The molecule has 3 rings (SSSR count). The van der Waals surface area contributed by atoms with E-state index in [1.165, 1.54) is 28.6 Å². The van der Waals surface area contributed by atoms with Crippen LogP contribution in [-0.4, -0.2) is 42.2 Å². The lowest BCUT2D eigenvalue weighted by atomic mass is 10.0. The minimum absolute atomic E-state index is 0.674. The first-order chi connectivity index (χ1) is 14.1. The molecule has 0 bridgehead atoms. The van der Waals surface area contributed by atoms with Gasteiger partial charge in [-0.05, 0) is 62.1 Å². The fourth-order valence-electron chi connectivity index (χ4n) is 3.87. The van der Waals surface area contributed by atoms with Gasteiger partial charge in [-0.15, -0.1) is 0 Å². The third-order valence-electron chi connectivity index (χ3n) is 5.44. The Morgan fingerprint density at radius 3 is 2.86 bits per heavy atom. The van der Waals surface area contributed by atoms with E-state index in [2.05, 4.69) is 59.2 Å². The molecular formula is C24H29ClN2O2. The third kappa shape index (κ3) is 5.84. The first-order valence-electron chi connectivity index (χ1n) is 10.3. The van der Waals surface area contributed by atoms with Crippen molar-refractivity contribution in [2.75, 3.05) is 31.1 Å². The highest BCUT2D eigenvalue weighted by atomic mass is 35.5. The molecule has 4 nitrogen and oxygen atoms in total. The van der Waals surface area contributed by atoms with Gasteiger partial charge in [0.2, 0.25) is 0 Å². The third-order valence-corrected chi connectivity index (χ3v) is 5.70. The molecule has 0 unspecified atom stereocenters. The SMILES string of the molecule is CCN(C/C=C/C(=O)O)CCCCN1C2=CC(Cl)=CCC2=CCc2ccccc21. The minimum atomic E-state index is -0.891. The van der Waals surface area contributed by atoms with Gasteiger partial charge in [-0.3, -0.25) is 4.90 Å². The van der Waals surface area contributed by atoms with Crippen LogP contribution in [0.2, 0.25) is 0 Å². The van der Waals surface area contributed by atoms with Gasteiger partial charge in [-0.1, -0.05) is 55.0 Å². The lowest BCUT2D eigenvalue weighted by Crippen LogP contribution is -2.28. The maximum Gasteiger partial charge on any atom is 0.328 e. The summed E-state index contributed by atoms with van der Waals surface area (Å²) < 4.78 is 0. The Kier molecular flexibility index (Phi) is 7.73. The highest BCUT2D eigenvalue weighted by Gasteiger charge is 2.22. The Hall–Kier alpha value is -2.30. The number of likely N-dealkylation sites (N-methyl/N-ethyl adjacent to an activating group) is 1. The van der Waals surface area contributed by atoms with Gasteiger partial charge in [0, 0.05) is 35.6 Å². The summed E-state index contributed by atoms with van der Waals surface area (Å²) in [6.45, 7) is 5.59. The summed E-state index contributed by atoms with van der Waals surface area (Å²) in [7, 11) is 0. The zero-order chi connectivity index (χ0) is 20.6. The number of hydrogen-bond donors (Lipinski definition) is 1. The van der Waals surface area contributed by atoms with E-state index in [1.807, 2.05) is 0 Å². The smallest absolute Gasteiger partial charge is 0.328 e. The normalized spacial score (nSPS) is 16.1. The number of hydrogen-bond acceptors (Lipinski definition) is 3. The Morgan fingerprint density at radius 2 is 2.07 bits per heavy atom. The Labute approximate surface area is 178 Å². The number of aliphatic carboxylic acids is 1. The second-order valence-corrected chi connectivity index (χ2v) is 7.81. The molecule has 1 aliphatic heterocycles. The van der Waals surface area contributed by atoms with E-state index in [9.17, 15) is 4.79 Å². The average Bonchev–Trinajstić information content (AvgIpc) is 2.86. The largest absolute Gasteiger partial charge is 0.478 e. The highest BCUT2D eigenvalue weighted by Crippen LogP contribution is 2.36. The van der Waals surface area contributed by atoms with Crippen LogP contribution in [0.4, 0.5) is 5.69 Å². The summed E-state index contributed by atoms with van der Waals surface area (Å²) >= 11 is 6.35. The van der Waals surface area contributed by atoms with E-state index in [4.69, 9.17) is 16.7 Å². The Morgan fingerprint density at radius 1 is 1.24 bits per heavy atom. The van der Waals surface area contributed by atoms with Crippen molar-refractivity contribution in [3.63, 3.8) is 0 Å². The fraction of sp³-hybridized carbons (Fsp3) is 0.375. The zero-order valence-corrected chi connectivity index (χ0v) is 17.7. The number of rotatable bonds is 9. The number of allylic oxidation sites excluding steroid dienone is 5. The molecule has 1 N–H and O–H groups in total. The number of para-hydroxylation sites is 1. The minimum Gasteiger partial charge on any atom is -0.478 e. The first-order valence-corrected chi connectivity index (χ1v) is 10.7. The van der Waals surface area contributed by atoms with E-state index >= 15 is 0 Å². The van der Waals surface area contributed by atoms with Crippen molar-refractivity contribution in [2.45, 2.75) is 32.6 Å². The summed E-state index contributed by atoms with van der Waals surface area (Å²) in [4.78, 5) is 15.3. The summed E-state index contributed by atoms with van der Waals surface area (Å²) in [5, 5.41) is 9.55. The van der Waals surface area contributed by atoms with E-state index in [0.717, 1.165) is 50.3 Å². The van der Waals surface area contributed by atoms with Gasteiger partial charge in [0.1, 0.15) is 0 Å². The first kappa shape index (κ1) is 21.4. The molecule has 1 heterocycles. The topological polar surface area (TPSA) is 43.8 Å². The van der Waals surface area contributed by atoms with Gasteiger partial charge in [0.05, 0.1) is 0 Å². The number of carbonyl (C=O) groups is 1. The quantitative estimate of drug-likeness (QED) is 0.451. The Bertz CT molecular complexity index is 854. The maximum absolute atomic E-state index is 10.6. The molecule has 1 aliphatic carbocycles. The van der Waals surface area contributed by atoms with Crippen LogP contribution in [0, 0.1) is 0 Å². The molecule has 2 aliphatic rings. The molecule has 1 aromatic carbocycles. The number of anilines is 1. The van der Waals surface area contributed by atoms with Crippen molar-refractivity contribution in [1.29, 1.82) is 0 Å². The van der Waals surface area contributed by atoms with Crippen molar-refractivity contribution in [3.05, 3.63) is 76.5 Å². The lowest BCUT2D eigenvalue weighted by Gasteiger charge is -2.30. The molecule has 0 aromatic heterocycles. The van der Waals surface area contributed by atoms with Crippen molar-refractivity contribution >= 4 is 23.3 Å². The van der Waals surface area contributed by atoms with Crippen LogP contribution in [0.25, 0.3) is 0 Å². The zero-order valence-electron chi connectivity index (χ0n) is 17.0. The number of fused-ring (bicyclic) bond motifs is 2. The predicted octanol–water partition coefficient (Wildman–Crippen LogP) is 5.13. The standard InChI is InChI=1S/C24H29ClN2O2/c1-2-26(16-7-10-24(28)29)15-5-6-17-27-22-9-4-3-8-19(22)11-12-20-13-14-21(25)18-23(20)27/h3-4,7-10,12,14,18H,2,5-6,11,13,15-17H2,1H3,(H,28,29)/b10-7+. The van der Waals surface area contributed by atoms with E-state index in [0.29, 0.717) is 6.54 Å². The van der Waals surface area contributed by atoms with Crippen LogP contribution >= 0.6 is 11.6 Å². The second kappa shape index (κ2) is 10.5. The van der Waals surface area contributed by atoms with Crippen molar-refractivity contribution in [2.24, 2.45) is 0 Å². The molecule has 1 aromatic rings. The number of carboxylic acids is 1. The van der Waals surface area contributed by atoms with Gasteiger partial charge in [-0.25, -0.2) is 4.79 Å². The van der Waals surface area contributed by atoms with Crippen LogP contribution < -0.4 is 4.90 Å². The summed E-state index contributed by atoms with van der Waals surface area (Å²) in [6.07, 6.45) is 13.4. The maximum atomic E-state index is 10.6. The van der Waals surface area contributed by atoms with Crippen molar-refractivity contribution in [3.8, 4) is 0 Å². The van der Waals surface area contributed by atoms with Gasteiger partial charge >= 0.3 is 5.97 Å². The van der Waals surface area contributed by atoms with Crippen LogP contribution in [-0.2, 0) is 11.2 Å². The molecular weight excluding hydrogens is 384 g/mol. The molecule has 0 radical (unpaired) electrons. The predicted molar refractivity (Wildman–Crippen MR) is 120 cm³/mol. The number of halogens is 1. The molecule has 0 spiro atoms. The number of benzene rings is 1. The van der Waals surface area contributed by atoms with Gasteiger partial charge < -0.3 is 10.0 Å². The van der Waals surface area contributed by atoms with Gasteiger partial charge in [0.25, 0.3) is 0 Å². The second-order valence-electron chi connectivity index (χ2n) is 7.38. The molecule has 0 amide bonds. The van der Waals surface area contributed by atoms with Crippen LogP contribution in [0.1, 0.15) is 31.7 Å². The molecule has 0 saturated carbocycles. The number of nitrogens with zero attached hydrogens (tertiary/aromatic N) is 2. The molecule has 0 saturated heterocycles. The summed E-state index contributed by atoms with van der Waals surface area (Å²) in [6, 6.07) is 8.62. The number of unbranched alkanes of at least 4 members (excludes halogenated alkanes) is 1. The van der Waals surface area contributed by atoms with Crippen molar-refractivity contribution in [1.82, 2.24) is 4.90 Å². The van der Waals surface area contributed by atoms with E-state index in [1.54, 1.807) is 6.08 Å². The Balaban J connectivity index is 1.65. The highest BCUT2D eigenvalue weighted by molar-refractivity contribution is 6.31. The average molecular weight is 413 g/mol. The lowest BCUT2D eigenvalue weighted by molar-refractivity contribution is -0.131. The molecule has 29 heavy (non-hydrogen) atoms.